The summed E-state index contributed by atoms with van der Waals surface area (Å²) in [7, 11) is 0. The van der Waals surface area contributed by atoms with Crippen LogP contribution in [0.25, 0.3) is 0 Å². The minimum absolute atomic E-state index is 0.0137. The molecule has 1 saturated heterocycles. The van der Waals surface area contributed by atoms with Crippen LogP contribution in [0.5, 0.6) is 0 Å². The fraction of sp³-hybridized carbons (Fsp3) is 0.381. The summed E-state index contributed by atoms with van der Waals surface area (Å²) < 4.78 is 0. The van der Waals surface area contributed by atoms with Crippen molar-refractivity contribution in [3.63, 3.8) is 0 Å². The monoisotopic (exact) mass is 351 g/mol. The molecule has 0 unspecified atom stereocenters. The Kier molecular flexibility index (Phi) is 5.35. The Hall–Kier alpha value is -2.69. The van der Waals surface area contributed by atoms with Gasteiger partial charge in [0, 0.05) is 30.8 Å². The van der Waals surface area contributed by atoms with E-state index < -0.39 is 0 Å². The van der Waals surface area contributed by atoms with Crippen molar-refractivity contribution in [2.24, 2.45) is 5.92 Å². The van der Waals surface area contributed by atoms with E-state index in [9.17, 15) is 9.59 Å². The third-order valence-electron chi connectivity index (χ3n) is 4.94. The molecule has 2 heterocycles. The molecular weight excluding hydrogens is 326 g/mol. The summed E-state index contributed by atoms with van der Waals surface area (Å²) >= 11 is 0. The molecule has 2 amide bonds. The molecule has 26 heavy (non-hydrogen) atoms. The summed E-state index contributed by atoms with van der Waals surface area (Å²) in [6.45, 7) is 7.12. The SMILES string of the molecule is Cc1ccc(NC(=O)C2CCN(C(=O)c3cc(C)ccc3C)CC2)nc1. The molecular formula is C21H25N3O2. The first kappa shape index (κ1) is 18.1. The molecule has 0 spiro atoms. The van der Waals surface area contributed by atoms with Crippen LogP contribution in [0.4, 0.5) is 5.82 Å². The average Bonchev–Trinajstić information content (AvgIpc) is 2.65. The van der Waals surface area contributed by atoms with Crippen LogP contribution in [0.3, 0.4) is 0 Å². The number of likely N-dealkylation sites (tertiary alicyclic amines) is 1. The number of piperidine rings is 1. The number of rotatable bonds is 3. The molecule has 1 N–H and O–H groups in total. The number of carbonyl (C=O) groups is 2. The van der Waals surface area contributed by atoms with Gasteiger partial charge in [-0.15, -0.1) is 0 Å². The van der Waals surface area contributed by atoms with E-state index in [4.69, 9.17) is 0 Å². The van der Waals surface area contributed by atoms with E-state index in [-0.39, 0.29) is 17.7 Å². The summed E-state index contributed by atoms with van der Waals surface area (Å²) in [6.07, 6.45) is 3.09. The molecule has 1 aliphatic rings. The van der Waals surface area contributed by atoms with Gasteiger partial charge in [-0.3, -0.25) is 9.59 Å². The van der Waals surface area contributed by atoms with E-state index in [1.807, 2.05) is 56.0 Å². The predicted molar refractivity (Wildman–Crippen MR) is 102 cm³/mol. The van der Waals surface area contributed by atoms with Crippen molar-refractivity contribution in [1.29, 1.82) is 0 Å². The van der Waals surface area contributed by atoms with Gasteiger partial charge in [-0.2, -0.15) is 0 Å². The summed E-state index contributed by atoms with van der Waals surface area (Å²) in [5.74, 6) is 0.542. The summed E-state index contributed by atoms with van der Waals surface area (Å²) in [5, 5.41) is 2.88. The first-order valence-corrected chi connectivity index (χ1v) is 9.04. The molecule has 0 radical (unpaired) electrons. The maximum absolute atomic E-state index is 12.8. The van der Waals surface area contributed by atoms with Gasteiger partial charge in [-0.05, 0) is 56.9 Å². The van der Waals surface area contributed by atoms with Crippen LogP contribution in [0.2, 0.25) is 0 Å². The summed E-state index contributed by atoms with van der Waals surface area (Å²) in [4.78, 5) is 31.3. The standard InChI is InChI=1S/C21H25N3O2/c1-14-4-6-16(3)18(12-14)21(26)24-10-8-17(9-11-24)20(25)23-19-7-5-15(2)13-22-19/h4-7,12-13,17H,8-11H2,1-3H3,(H,22,23,25). The first-order chi connectivity index (χ1) is 12.4. The van der Waals surface area contributed by atoms with Crippen molar-refractivity contribution in [1.82, 2.24) is 9.88 Å². The number of aromatic nitrogens is 1. The van der Waals surface area contributed by atoms with Crippen LogP contribution in [0, 0.1) is 26.7 Å². The minimum Gasteiger partial charge on any atom is -0.339 e. The lowest BCUT2D eigenvalue weighted by atomic mass is 9.94. The molecule has 0 atom stereocenters. The zero-order valence-corrected chi connectivity index (χ0v) is 15.6. The number of amides is 2. The second kappa shape index (κ2) is 7.68. The van der Waals surface area contributed by atoms with Gasteiger partial charge in [0.15, 0.2) is 0 Å². The predicted octanol–water partition coefficient (Wildman–Crippen LogP) is 3.50. The molecule has 2 aromatic rings. The Labute approximate surface area is 154 Å². The number of anilines is 1. The van der Waals surface area contributed by atoms with Gasteiger partial charge in [0.25, 0.3) is 5.91 Å². The fourth-order valence-electron chi connectivity index (χ4n) is 3.25. The van der Waals surface area contributed by atoms with Gasteiger partial charge >= 0.3 is 0 Å². The van der Waals surface area contributed by atoms with Crippen LogP contribution in [0.1, 0.15) is 39.9 Å². The van der Waals surface area contributed by atoms with Gasteiger partial charge in [0.2, 0.25) is 5.91 Å². The Morgan fingerprint density at radius 1 is 1.04 bits per heavy atom. The number of carbonyl (C=O) groups excluding carboxylic acids is 2. The van der Waals surface area contributed by atoms with E-state index in [2.05, 4.69) is 10.3 Å². The smallest absolute Gasteiger partial charge is 0.254 e. The second-order valence-corrected chi connectivity index (χ2v) is 7.09. The number of hydrogen-bond acceptors (Lipinski definition) is 3. The maximum Gasteiger partial charge on any atom is 0.254 e. The molecule has 1 aromatic heterocycles. The van der Waals surface area contributed by atoms with Crippen molar-refractivity contribution in [3.05, 3.63) is 58.8 Å². The number of nitrogens with zero attached hydrogens (tertiary/aromatic N) is 2. The van der Waals surface area contributed by atoms with Crippen LogP contribution >= 0.6 is 0 Å². The molecule has 1 fully saturated rings. The number of aryl methyl sites for hydroxylation is 3. The van der Waals surface area contributed by atoms with Gasteiger partial charge in [0.05, 0.1) is 0 Å². The van der Waals surface area contributed by atoms with Crippen LogP contribution in [-0.4, -0.2) is 34.8 Å². The topological polar surface area (TPSA) is 62.3 Å². The maximum atomic E-state index is 12.8. The zero-order chi connectivity index (χ0) is 18.7. The van der Waals surface area contributed by atoms with E-state index in [1.165, 1.54) is 0 Å². The zero-order valence-electron chi connectivity index (χ0n) is 15.6. The quantitative estimate of drug-likeness (QED) is 0.921. The highest BCUT2D eigenvalue weighted by Crippen LogP contribution is 2.22. The van der Waals surface area contributed by atoms with Gasteiger partial charge in [-0.1, -0.05) is 23.8 Å². The second-order valence-electron chi connectivity index (χ2n) is 7.09. The molecule has 1 aliphatic heterocycles. The Bertz CT molecular complexity index is 807. The molecule has 5 nitrogen and oxygen atoms in total. The number of pyridine rings is 1. The third kappa shape index (κ3) is 4.10. The van der Waals surface area contributed by atoms with Crippen LogP contribution < -0.4 is 5.32 Å². The molecule has 0 bridgehead atoms. The van der Waals surface area contributed by atoms with Crippen molar-refractivity contribution in [2.75, 3.05) is 18.4 Å². The molecule has 3 rings (SSSR count). The Morgan fingerprint density at radius 3 is 2.38 bits per heavy atom. The molecule has 5 heteroatoms. The first-order valence-electron chi connectivity index (χ1n) is 9.04. The lowest BCUT2D eigenvalue weighted by Gasteiger charge is -2.31. The van der Waals surface area contributed by atoms with Gasteiger partial charge < -0.3 is 10.2 Å². The van der Waals surface area contributed by atoms with Crippen molar-refractivity contribution >= 4 is 17.6 Å². The highest BCUT2D eigenvalue weighted by molar-refractivity contribution is 5.96. The van der Waals surface area contributed by atoms with E-state index in [1.54, 1.807) is 6.20 Å². The molecule has 0 saturated carbocycles. The molecule has 1 aromatic carbocycles. The van der Waals surface area contributed by atoms with Crippen molar-refractivity contribution in [3.8, 4) is 0 Å². The lowest BCUT2D eigenvalue weighted by molar-refractivity contribution is -0.121. The normalized spacial score (nSPS) is 15.0. The fourth-order valence-corrected chi connectivity index (χ4v) is 3.25. The van der Waals surface area contributed by atoms with E-state index in [0.29, 0.717) is 31.7 Å². The van der Waals surface area contributed by atoms with Gasteiger partial charge in [0.1, 0.15) is 5.82 Å². The number of nitrogens with one attached hydrogen (secondary N) is 1. The van der Waals surface area contributed by atoms with Crippen LogP contribution in [-0.2, 0) is 4.79 Å². The van der Waals surface area contributed by atoms with Crippen LogP contribution in [0.15, 0.2) is 36.5 Å². The third-order valence-corrected chi connectivity index (χ3v) is 4.94. The van der Waals surface area contributed by atoms with Crippen molar-refractivity contribution in [2.45, 2.75) is 33.6 Å². The van der Waals surface area contributed by atoms with Gasteiger partial charge in [-0.25, -0.2) is 4.98 Å². The number of hydrogen-bond donors (Lipinski definition) is 1. The highest BCUT2D eigenvalue weighted by atomic mass is 16.2. The van der Waals surface area contributed by atoms with E-state index >= 15 is 0 Å². The molecule has 0 aliphatic carbocycles. The van der Waals surface area contributed by atoms with Crippen molar-refractivity contribution < 1.29 is 9.59 Å². The Balaban J connectivity index is 1.58. The Morgan fingerprint density at radius 2 is 1.73 bits per heavy atom. The number of benzene rings is 1. The average molecular weight is 351 g/mol. The lowest BCUT2D eigenvalue weighted by Crippen LogP contribution is -2.41. The minimum atomic E-state index is -0.0826. The largest absolute Gasteiger partial charge is 0.339 e. The van der Waals surface area contributed by atoms with E-state index in [0.717, 1.165) is 22.3 Å². The summed E-state index contributed by atoms with van der Waals surface area (Å²) in [6, 6.07) is 9.68. The molecule has 136 valence electrons. The highest BCUT2D eigenvalue weighted by Gasteiger charge is 2.28. The summed E-state index contributed by atoms with van der Waals surface area (Å²) in [5.41, 5.74) is 3.89.